The van der Waals surface area contributed by atoms with E-state index in [1.54, 1.807) is 36.4 Å². The van der Waals surface area contributed by atoms with E-state index in [0.29, 0.717) is 40.0 Å². The molecule has 0 aliphatic rings. The Hall–Kier alpha value is -2.84. The van der Waals surface area contributed by atoms with Gasteiger partial charge >= 0.3 is 0 Å². The van der Waals surface area contributed by atoms with Gasteiger partial charge in [0, 0.05) is 33.8 Å². The molecular weight excluding hydrogens is 368 g/mol. The van der Waals surface area contributed by atoms with Crippen molar-refractivity contribution in [1.82, 2.24) is 4.98 Å². The van der Waals surface area contributed by atoms with Gasteiger partial charge in [0.2, 0.25) is 5.43 Å². The average molecular weight is 386 g/mol. The number of para-hydroxylation sites is 1. The van der Waals surface area contributed by atoms with E-state index in [1.165, 1.54) is 17.8 Å². The van der Waals surface area contributed by atoms with Crippen molar-refractivity contribution in [3.05, 3.63) is 68.4 Å². The molecule has 0 saturated heterocycles. The molecule has 1 aromatic heterocycles. The minimum atomic E-state index is -0.522. The van der Waals surface area contributed by atoms with Crippen molar-refractivity contribution < 1.29 is 15.1 Å². The second-order valence-corrected chi connectivity index (χ2v) is 7.13. The standard InChI is InChI=1S/C19H18N2O5S/c22-8-10-27-9-7-12-5-6-13(11-16(12)21(25)26)17-19(24)18(23)14-3-1-2-4-15(14)20-17/h1-6,11,22,24H,7-10H2,(H,20,23). The van der Waals surface area contributed by atoms with Gasteiger partial charge in [-0.2, -0.15) is 11.8 Å². The largest absolute Gasteiger partial charge is 0.503 e. The number of nitrogens with zero attached hydrogens (tertiary/aromatic N) is 1. The number of aromatic hydroxyl groups is 1. The van der Waals surface area contributed by atoms with Crippen LogP contribution >= 0.6 is 11.8 Å². The summed E-state index contributed by atoms with van der Waals surface area (Å²) in [5.41, 5.74) is 1.05. The van der Waals surface area contributed by atoms with E-state index >= 15 is 0 Å². The molecule has 27 heavy (non-hydrogen) atoms. The number of hydrogen-bond acceptors (Lipinski definition) is 6. The van der Waals surface area contributed by atoms with Crippen LogP contribution in [-0.4, -0.2) is 38.2 Å². The average Bonchev–Trinajstić information content (AvgIpc) is 2.68. The van der Waals surface area contributed by atoms with Gasteiger partial charge in [-0.3, -0.25) is 14.9 Å². The number of nitro benzene ring substituents is 1. The van der Waals surface area contributed by atoms with Crippen LogP contribution in [0.15, 0.2) is 47.3 Å². The summed E-state index contributed by atoms with van der Waals surface area (Å²) in [6.45, 7) is 0.0697. The lowest BCUT2D eigenvalue weighted by atomic mass is 10.0. The first kappa shape index (κ1) is 18.9. The van der Waals surface area contributed by atoms with Crippen molar-refractivity contribution >= 4 is 28.4 Å². The van der Waals surface area contributed by atoms with Crippen molar-refractivity contribution in [2.45, 2.75) is 6.42 Å². The normalized spacial score (nSPS) is 11.0. The van der Waals surface area contributed by atoms with Crippen LogP contribution in [0, 0.1) is 10.1 Å². The van der Waals surface area contributed by atoms with Crippen molar-refractivity contribution in [1.29, 1.82) is 0 Å². The number of thioether (sulfide) groups is 1. The number of pyridine rings is 1. The van der Waals surface area contributed by atoms with E-state index in [4.69, 9.17) is 5.11 Å². The lowest BCUT2D eigenvalue weighted by Crippen LogP contribution is -2.05. The van der Waals surface area contributed by atoms with Crippen LogP contribution in [-0.2, 0) is 6.42 Å². The summed E-state index contributed by atoms with van der Waals surface area (Å²) in [7, 11) is 0. The van der Waals surface area contributed by atoms with Gasteiger partial charge in [0.1, 0.15) is 0 Å². The van der Waals surface area contributed by atoms with Crippen molar-refractivity contribution in [3.8, 4) is 17.0 Å². The number of nitro groups is 1. The molecule has 0 fully saturated rings. The van der Waals surface area contributed by atoms with E-state index in [0.717, 1.165) is 0 Å². The number of nitrogens with one attached hydrogen (secondary N) is 1. The summed E-state index contributed by atoms with van der Waals surface area (Å²) >= 11 is 1.51. The first-order valence-electron chi connectivity index (χ1n) is 8.33. The molecule has 3 N–H and O–H groups in total. The van der Waals surface area contributed by atoms with Gasteiger partial charge in [0.05, 0.1) is 17.2 Å². The minimum Gasteiger partial charge on any atom is -0.503 e. The Morgan fingerprint density at radius 3 is 2.67 bits per heavy atom. The number of aliphatic hydroxyl groups excluding tert-OH is 1. The maximum absolute atomic E-state index is 12.4. The predicted molar refractivity (Wildman–Crippen MR) is 106 cm³/mol. The molecule has 140 valence electrons. The molecule has 0 aliphatic heterocycles. The van der Waals surface area contributed by atoms with E-state index < -0.39 is 16.1 Å². The zero-order valence-corrected chi connectivity index (χ0v) is 15.2. The van der Waals surface area contributed by atoms with Gasteiger partial charge in [-0.05, 0) is 24.3 Å². The predicted octanol–water partition coefficient (Wildman–Crippen LogP) is 3.08. The fourth-order valence-electron chi connectivity index (χ4n) is 2.88. The first-order chi connectivity index (χ1) is 13.0. The van der Waals surface area contributed by atoms with Crippen LogP contribution in [0.4, 0.5) is 5.69 Å². The third-order valence-electron chi connectivity index (χ3n) is 4.21. The summed E-state index contributed by atoms with van der Waals surface area (Å²) < 4.78 is 0. The first-order valence-corrected chi connectivity index (χ1v) is 9.48. The number of aryl methyl sites for hydroxylation is 1. The van der Waals surface area contributed by atoms with E-state index in [1.807, 2.05) is 0 Å². The molecule has 0 bridgehead atoms. The molecule has 7 nitrogen and oxygen atoms in total. The zero-order valence-electron chi connectivity index (χ0n) is 14.3. The van der Waals surface area contributed by atoms with Gasteiger partial charge < -0.3 is 15.2 Å². The number of benzene rings is 2. The second kappa shape index (κ2) is 8.24. The number of aliphatic hydroxyl groups is 1. The molecule has 0 saturated carbocycles. The summed E-state index contributed by atoms with van der Waals surface area (Å²) in [6, 6.07) is 11.4. The van der Waals surface area contributed by atoms with E-state index in [2.05, 4.69) is 4.98 Å². The van der Waals surface area contributed by atoms with Crippen LogP contribution in [0.2, 0.25) is 0 Å². The van der Waals surface area contributed by atoms with E-state index in [9.17, 15) is 20.0 Å². The summed E-state index contributed by atoms with van der Waals surface area (Å²) in [5, 5.41) is 31.0. The highest BCUT2D eigenvalue weighted by atomic mass is 32.2. The van der Waals surface area contributed by atoms with Crippen molar-refractivity contribution in [3.63, 3.8) is 0 Å². The Bertz CT molecular complexity index is 1050. The highest BCUT2D eigenvalue weighted by molar-refractivity contribution is 7.99. The summed E-state index contributed by atoms with van der Waals surface area (Å²) in [4.78, 5) is 26.4. The molecule has 3 rings (SSSR count). The van der Waals surface area contributed by atoms with Crippen LogP contribution in [0.25, 0.3) is 22.2 Å². The van der Waals surface area contributed by atoms with Crippen molar-refractivity contribution in [2.75, 3.05) is 18.1 Å². The number of aromatic nitrogens is 1. The highest BCUT2D eigenvalue weighted by Crippen LogP contribution is 2.31. The molecule has 0 aliphatic carbocycles. The minimum absolute atomic E-state index is 0.0643. The molecule has 0 amide bonds. The molecule has 0 atom stereocenters. The Morgan fingerprint density at radius 2 is 1.93 bits per heavy atom. The monoisotopic (exact) mass is 386 g/mol. The molecular formula is C19H18N2O5S. The number of hydrogen-bond donors (Lipinski definition) is 3. The van der Waals surface area contributed by atoms with Gasteiger partial charge in [-0.15, -0.1) is 0 Å². The molecule has 2 aromatic carbocycles. The second-order valence-electron chi connectivity index (χ2n) is 5.91. The smallest absolute Gasteiger partial charge is 0.273 e. The fourth-order valence-corrected chi connectivity index (χ4v) is 3.58. The quantitative estimate of drug-likeness (QED) is 0.326. The molecule has 3 aromatic rings. The van der Waals surface area contributed by atoms with E-state index in [-0.39, 0.29) is 18.0 Å². The van der Waals surface area contributed by atoms with Gasteiger partial charge in [-0.25, -0.2) is 0 Å². The zero-order chi connectivity index (χ0) is 19.4. The van der Waals surface area contributed by atoms with Crippen LogP contribution in [0.1, 0.15) is 5.56 Å². The highest BCUT2D eigenvalue weighted by Gasteiger charge is 2.18. The number of aromatic amines is 1. The SMILES string of the molecule is O=c1c(O)c(-c2ccc(CCSCCO)c([N+](=O)[O-])c2)[nH]c2ccccc12. The number of fused-ring (bicyclic) bond motifs is 1. The lowest BCUT2D eigenvalue weighted by molar-refractivity contribution is -0.385. The third kappa shape index (κ3) is 3.96. The molecule has 0 unspecified atom stereocenters. The topological polar surface area (TPSA) is 116 Å². The van der Waals surface area contributed by atoms with Gasteiger partial charge in [-0.1, -0.05) is 24.3 Å². The van der Waals surface area contributed by atoms with Crippen molar-refractivity contribution in [2.24, 2.45) is 0 Å². The van der Waals surface area contributed by atoms with Crippen LogP contribution in [0.5, 0.6) is 5.75 Å². The fraction of sp³-hybridized carbons (Fsp3) is 0.211. The third-order valence-corrected chi connectivity index (χ3v) is 5.17. The molecule has 8 heteroatoms. The molecule has 0 radical (unpaired) electrons. The Balaban J connectivity index is 2.04. The lowest BCUT2D eigenvalue weighted by Gasteiger charge is -2.09. The maximum Gasteiger partial charge on any atom is 0.273 e. The number of rotatable bonds is 7. The van der Waals surface area contributed by atoms with Crippen LogP contribution in [0.3, 0.4) is 0 Å². The summed E-state index contributed by atoms with van der Waals surface area (Å²) in [6.07, 6.45) is 0.488. The van der Waals surface area contributed by atoms with Gasteiger partial charge in [0.15, 0.2) is 5.75 Å². The Labute approximate surface area is 158 Å². The Kier molecular flexibility index (Phi) is 5.78. The molecule has 1 heterocycles. The van der Waals surface area contributed by atoms with Crippen LogP contribution < -0.4 is 5.43 Å². The maximum atomic E-state index is 12.4. The van der Waals surface area contributed by atoms with Gasteiger partial charge in [0.25, 0.3) is 5.69 Å². The Morgan fingerprint density at radius 1 is 1.15 bits per heavy atom. The number of H-pyrrole nitrogens is 1. The molecule has 0 spiro atoms. The summed E-state index contributed by atoms with van der Waals surface area (Å²) in [5.74, 6) is 0.769.